The van der Waals surface area contributed by atoms with Gasteiger partial charge in [-0.2, -0.15) is 0 Å². The lowest BCUT2D eigenvalue weighted by Crippen LogP contribution is -2.25. The summed E-state index contributed by atoms with van der Waals surface area (Å²) in [5.74, 6) is 0.954. The Morgan fingerprint density at radius 3 is 2.67 bits per heavy atom. The number of nitrogens with one attached hydrogen (secondary N) is 1. The highest BCUT2D eigenvalue weighted by Crippen LogP contribution is 2.30. The van der Waals surface area contributed by atoms with Gasteiger partial charge in [-0.15, -0.1) is 0 Å². The van der Waals surface area contributed by atoms with Crippen molar-refractivity contribution < 1.29 is 0 Å². The summed E-state index contributed by atoms with van der Waals surface area (Å²) in [5.41, 5.74) is 1.16. The summed E-state index contributed by atoms with van der Waals surface area (Å²) >= 11 is 12.2. The van der Waals surface area contributed by atoms with E-state index in [1.54, 1.807) is 0 Å². The van der Waals surface area contributed by atoms with E-state index in [1.807, 2.05) is 18.2 Å². The van der Waals surface area contributed by atoms with Crippen LogP contribution >= 0.6 is 23.2 Å². The van der Waals surface area contributed by atoms with Gasteiger partial charge in [0.15, 0.2) is 0 Å². The molecule has 0 aliphatic heterocycles. The van der Waals surface area contributed by atoms with Gasteiger partial charge in [0.05, 0.1) is 0 Å². The standard InChI is InChI=1S/C15H21Cl2N/c1-2-15(18-9-8-11-4-3-5-11)13-7-6-12(16)10-14(13)17/h6-7,10-11,15,18H,2-5,8-9H2,1H3. The SMILES string of the molecule is CCC(NCCC1CCC1)c1ccc(Cl)cc1Cl. The van der Waals surface area contributed by atoms with Crippen LogP contribution in [0.5, 0.6) is 0 Å². The molecule has 0 bridgehead atoms. The van der Waals surface area contributed by atoms with Crippen molar-refractivity contribution in [3.8, 4) is 0 Å². The fourth-order valence-electron chi connectivity index (χ4n) is 2.50. The van der Waals surface area contributed by atoms with Crippen molar-refractivity contribution in [2.45, 2.75) is 45.1 Å². The van der Waals surface area contributed by atoms with Gasteiger partial charge in [-0.3, -0.25) is 0 Å². The zero-order valence-electron chi connectivity index (χ0n) is 10.9. The van der Waals surface area contributed by atoms with E-state index in [0.29, 0.717) is 11.1 Å². The van der Waals surface area contributed by atoms with Crippen LogP contribution in [0.1, 0.15) is 50.6 Å². The lowest BCUT2D eigenvalue weighted by atomic mass is 9.83. The molecule has 0 amide bonds. The molecule has 1 aliphatic rings. The second-order valence-corrected chi connectivity index (χ2v) is 6.01. The normalized spacial score (nSPS) is 17.5. The summed E-state index contributed by atoms with van der Waals surface area (Å²) in [6.45, 7) is 3.27. The Balaban J connectivity index is 1.89. The van der Waals surface area contributed by atoms with Crippen LogP contribution in [-0.4, -0.2) is 6.54 Å². The Morgan fingerprint density at radius 1 is 1.33 bits per heavy atom. The second-order valence-electron chi connectivity index (χ2n) is 5.17. The van der Waals surface area contributed by atoms with Crippen LogP contribution in [0.25, 0.3) is 0 Å². The monoisotopic (exact) mass is 285 g/mol. The molecule has 1 saturated carbocycles. The second kappa shape index (κ2) is 6.79. The Morgan fingerprint density at radius 2 is 2.11 bits per heavy atom. The minimum absolute atomic E-state index is 0.342. The van der Waals surface area contributed by atoms with Gasteiger partial charge in [0.25, 0.3) is 0 Å². The molecular formula is C15H21Cl2N. The quantitative estimate of drug-likeness (QED) is 0.755. The van der Waals surface area contributed by atoms with Gasteiger partial charge in [-0.1, -0.05) is 55.5 Å². The molecule has 1 unspecified atom stereocenters. The van der Waals surface area contributed by atoms with E-state index < -0.39 is 0 Å². The van der Waals surface area contributed by atoms with E-state index in [1.165, 1.54) is 25.7 Å². The Labute approximate surface area is 120 Å². The molecule has 1 atom stereocenters. The minimum Gasteiger partial charge on any atom is -0.310 e. The van der Waals surface area contributed by atoms with Crippen molar-refractivity contribution in [1.82, 2.24) is 5.32 Å². The first-order chi connectivity index (χ1) is 8.70. The fourth-order valence-corrected chi connectivity index (χ4v) is 3.04. The summed E-state index contributed by atoms with van der Waals surface area (Å²) in [6, 6.07) is 6.12. The van der Waals surface area contributed by atoms with Gasteiger partial charge < -0.3 is 5.32 Å². The molecule has 1 nitrogen and oxygen atoms in total. The van der Waals surface area contributed by atoms with Gasteiger partial charge in [0.2, 0.25) is 0 Å². The van der Waals surface area contributed by atoms with E-state index in [2.05, 4.69) is 12.2 Å². The molecule has 1 N–H and O–H groups in total. The van der Waals surface area contributed by atoms with Crippen molar-refractivity contribution in [2.24, 2.45) is 5.92 Å². The molecule has 0 radical (unpaired) electrons. The summed E-state index contributed by atoms with van der Waals surface area (Å²) in [5, 5.41) is 5.09. The van der Waals surface area contributed by atoms with Gasteiger partial charge in [0.1, 0.15) is 0 Å². The highest BCUT2D eigenvalue weighted by Gasteiger charge is 2.18. The molecule has 2 rings (SSSR count). The van der Waals surface area contributed by atoms with Crippen LogP contribution in [0.15, 0.2) is 18.2 Å². The van der Waals surface area contributed by atoms with Crippen molar-refractivity contribution in [3.05, 3.63) is 33.8 Å². The smallest absolute Gasteiger partial charge is 0.0468 e. The third kappa shape index (κ3) is 3.63. The van der Waals surface area contributed by atoms with Crippen molar-refractivity contribution >= 4 is 23.2 Å². The highest BCUT2D eigenvalue weighted by molar-refractivity contribution is 6.35. The van der Waals surface area contributed by atoms with Crippen molar-refractivity contribution in [2.75, 3.05) is 6.54 Å². The molecule has 1 aliphatic carbocycles. The van der Waals surface area contributed by atoms with Crippen LogP contribution in [0.2, 0.25) is 10.0 Å². The maximum absolute atomic E-state index is 6.26. The van der Waals surface area contributed by atoms with E-state index in [0.717, 1.165) is 29.5 Å². The molecular weight excluding hydrogens is 265 g/mol. The predicted octanol–water partition coefficient (Wildman–Crippen LogP) is 5.22. The molecule has 1 aromatic carbocycles. The molecule has 0 aromatic heterocycles. The first-order valence-electron chi connectivity index (χ1n) is 6.89. The predicted molar refractivity (Wildman–Crippen MR) is 79.5 cm³/mol. The Hall–Kier alpha value is -0.240. The van der Waals surface area contributed by atoms with Crippen LogP contribution in [0.3, 0.4) is 0 Å². The Kier molecular flexibility index (Phi) is 5.35. The summed E-state index contributed by atoms with van der Waals surface area (Å²) in [7, 11) is 0. The van der Waals surface area contributed by atoms with E-state index in [9.17, 15) is 0 Å². The number of hydrogen-bond donors (Lipinski definition) is 1. The molecule has 0 saturated heterocycles. The zero-order chi connectivity index (χ0) is 13.0. The number of benzene rings is 1. The van der Waals surface area contributed by atoms with Crippen LogP contribution < -0.4 is 5.32 Å². The first kappa shape index (κ1) is 14.2. The van der Waals surface area contributed by atoms with Gasteiger partial charge in [-0.05, 0) is 43.0 Å². The molecule has 3 heteroatoms. The first-order valence-corrected chi connectivity index (χ1v) is 7.64. The number of halogens is 2. The molecule has 0 heterocycles. The average Bonchev–Trinajstić information content (AvgIpc) is 2.28. The van der Waals surface area contributed by atoms with Crippen LogP contribution in [-0.2, 0) is 0 Å². The lowest BCUT2D eigenvalue weighted by molar-refractivity contribution is 0.287. The number of rotatable bonds is 6. The zero-order valence-corrected chi connectivity index (χ0v) is 12.4. The molecule has 0 spiro atoms. The molecule has 100 valence electrons. The third-order valence-electron chi connectivity index (χ3n) is 3.91. The van der Waals surface area contributed by atoms with Gasteiger partial charge in [-0.25, -0.2) is 0 Å². The van der Waals surface area contributed by atoms with Crippen molar-refractivity contribution in [1.29, 1.82) is 0 Å². The Bertz CT molecular complexity index is 388. The largest absolute Gasteiger partial charge is 0.310 e. The van der Waals surface area contributed by atoms with Crippen LogP contribution in [0, 0.1) is 5.92 Å². The molecule has 1 fully saturated rings. The minimum atomic E-state index is 0.342. The topological polar surface area (TPSA) is 12.0 Å². The third-order valence-corrected chi connectivity index (χ3v) is 4.48. The summed E-state index contributed by atoms with van der Waals surface area (Å²) < 4.78 is 0. The maximum atomic E-state index is 6.26. The van der Waals surface area contributed by atoms with E-state index in [-0.39, 0.29) is 0 Å². The average molecular weight is 286 g/mol. The van der Waals surface area contributed by atoms with Crippen LogP contribution in [0.4, 0.5) is 0 Å². The molecule has 1 aromatic rings. The number of hydrogen-bond acceptors (Lipinski definition) is 1. The van der Waals surface area contributed by atoms with E-state index in [4.69, 9.17) is 23.2 Å². The summed E-state index contributed by atoms with van der Waals surface area (Å²) in [6.07, 6.45) is 6.60. The van der Waals surface area contributed by atoms with Crippen molar-refractivity contribution in [3.63, 3.8) is 0 Å². The van der Waals surface area contributed by atoms with Gasteiger partial charge >= 0.3 is 0 Å². The molecule has 18 heavy (non-hydrogen) atoms. The lowest BCUT2D eigenvalue weighted by Gasteiger charge is -2.27. The summed E-state index contributed by atoms with van der Waals surface area (Å²) in [4.78, 5) is 0. The highest BCUT2D eigenvalue weighted by atomic mass is 35.5. The van der Waals surface area contributed by atoms with E-state index >= 15 is 0 Å². The fraction of sp³-hybridized carbons (Fsp3) is 0.600. The van der Waals surface area contributed by atoms with Gasteiger partial charge in [0, 0.05) is 16.1 Å². The maximum Gasteiger partial charge on any atom is 0.0468 e.